The third-order valence-corrected chi connectivity index (χ3v) is 5.27. The lowest BCUT2D eigenvalue weighted by atomic mass is 10.0. The number of halogens is 1. The number of hydrogen-bond donors (Lipinski definition) is 1. The van der Waals surface area contributed by atoms with Gasteiger partial charge in [0.2, 0.25) is 0 Å². The largest absolute Gasteiger partial charge is 0.485 e. The standard InChI is InChI=1S/C21H26ClNO3/c1-13(2)17-11-18(22)14(3)10-20(17)25-12-16-8-9-19(26-16)21(24)23-15-6-4-5-7-15/h8-11,13,15H,4-7,12H2,1-3H3,(H,23,24). The first-order chi connectivity index (χ1) is 12.4. The molecule has 1 N–H and O–H groups in total. The Morgan fingerprint density at radius 2 is 2.04 bits per heavy atom. The highest BCUT2D eigenvalue weighted by atomic mass is 35.5. The number of amides is 1. The molecule has 1 aliphatic rings. The maximum atomic E-state index is 12.3. The van der Waals surface area contributed by atoms with Crippen LogP contribution in [0.5, 0.6) is 5.75 Å². The third-order valence-electron chi connectivity index (χ3n) is 4.86. The minimum absolute atomic E-state index is 0.145. The Morgan fingerprint density at radius 1 is 1.31 bits per heavy atom. The van der Waals surface area contributed by atoms with Crippen LogP contribution in [0.1, 0.15) is 72.9 Å². The summed E-state index contributed by atoms with van der Waals surface area (Å²) in [5.74, 6) is 1.92. The van der Waals surface area contributed by atoms with Crippen LogP contribution >= 0.6 is 11.6 Å². The number of rotatable bonds is 6. The van der Waals surface area contributed by atoms with Crippen molar-refractivity contribution in [3.63, 3.8) is 0 Å². The van der Waals surface area contributed by atoms with Gasteiger partial charge in [0.1, 0.15) is 18.1 Å². The zero-order valence-electron chi connectivity index (χ0n) is 15.6. The van der Waals surface area contributed by atoms with Gasteiger partial charge in [0.05, 0.1) is 0 Å². The fourth-order valence-electron chi connectivity index (χ4n) is 3.30. The molecular weight excluding hydrogens is 350 g/mol. The molecular formula is C21H26ClNO3. The molecule has 1 heterocycles. The first kappa shape index (κ1) is 18.8. The predicted octanol–water partition coefficient (Wildman–Crippen LogP) is 5.62. The number of carbonyl (C=O) groups is 1. The number of furan rings is 1. The molecule has 1 aromatic heterocycles. The summed E-state index contributed by atoms with van der Waals surface area (Å²) in [6, 6.07) is 7.69. The zero-order chi connectivity index (χ0) is 18.7. The van der Waals surface area contributed by atoms with Gasteiger partial charge in [-0.05, 0) is 61.1 Å². The molecule has 2 aromatic rings. The lowest BCUT2D eigenvalue weighted by Gasteiger charge is -2.15. The van der Waals surface area contributed by atoms with Crippen molar-refractivity contribution in [2.24, 2.45) is 0 Å². The summed E-state index contributed by atoms with van der Waals surface area (Å²) in [6.45, 7) is 6.44. The van der Waals surface area contributed by atoms with E-state index in [1.54, 1.807) is 12.1 Å². The first-order valence-corrected chi connectivity index (χ1v) is 9.64. The number of carbonyl (C=O) groups excluding carboxylic acids is 1. The summed E-state index contributed by atoms with van der Waals surface area (Å²) in [5.41, 5.74) is 2.04. The highest BCUT2D eigenvalue weighted by molar-refractivity contribution is 6.31. The smallest absolute Gasteiger partial charge is 0.287 e. The monoisotopic (exact) mass is 375 g/mol. The molecule has 3 rings (SSSR count). The molecule has 0 unspecified atom stereocenters. The van der Waals surface area contributed by atoms with Crippen LogP contribution in [0, 0.1) is 6.92 Å². The molecule has 1 aliphatic carbocycles. The molecule has 0 saturated heterocycles. The van der Waals surface area contributed by atoms with Crippen LogP contribution in [-0.4, -0.2) is 11.9 Å². The maximum Gasteiger partial charge on any atom is 0.287 e. The Bertz CT molecular complexity index is 776. The van der Waals surface area contributed by atoms with Crippen LogP contribution < -0.4 is 10.1 Å². The number of hydrogen-bond acceptors (Lipinski definition) is 3. The van der Waals surface area contributed by atoms with Crippen LogP contribution in [0.25, 0.3) is 0 Å². The topological polar surface area (TPSA) is 51.5 Å². The maximum absolute atomic E-state index is 12.3. The van der Waals surface area contributed by atoms with Gasteiger partial charge >= 0.3 is 0 Å². The molecule has 0 atom stereocenters. The van der Waals surface area contributed by atoms with Crippen molar-refractivity contribution in [2.45, 2.75) is 65.0 Å². The molecule has 140 valence electrons. The van der Waals surface area contributed by atoms with E-state index in [9.17, 15) is 4.79 Å². The normalized spacial score (nSPS) is 14.8. The van der Waals surface area contributed by atoms with Crippen molar-refractivity contribution < 1.29 is 13.9 Å². The van der Waals surface area contributed by atoms with Crippen molar-refractivity contribution in [3.8, 4) is 5.75 Å². The number of ether oxygens (including phenoxy) is 1. The van der Waals surface area contributed by atoms with Gasteiger partial charge in [0, 0.05) is 11.1 Å². The Balaban J connectivity index is 1.64. The van der Waals surface area contributed by atoms with E-state index >= 15 is 0 Å². The van der Waals surface area contributed by atoms with Crippen molar-refractivity contribution in [2.75, 3.05) is 0 Å². The van der Waals surface area contributed by atoms with Gasteiger partial charge in [-0.3, -0.25) is 4.79 Å². The molecule has 0 bridgehead atoms. The second kappa shape index (κ2) is 8.17. The number of aryl methyl sites for hydroxylation is 1. The molecule has 1 saturated carbocycles. The Hall–Kier alpha value is -1.94. The Labute approximate surface area is 159 Å². The van der Waals surface area contributed by atoms with Gasteiger partial charge in [-0.2, -0.15) is 0 Å². The van der Waals surface area contributed by atoms with E-state index in [0.717, 1.165) is 34.7 Å². The van der Waals surface area contributed by atoms with Gasteiger partial charge in [0.15, 0.2) is 5.76 Å². The van der Waals surface area contributed by atoms with Crippen LogP contribution in [0.2, 0.25) is 5.02 Å². The lowest BCUT2D eigenvalue weighted by molar-refractivity contribution is 0.0905. The zero-order valence-corrected chi connectivity index (χ0v) is 16.4. The van der Waals surface area contributed by atoms with Crippen molar-refractivity contribution >= 4 is 17.5 Å². The van der Waals surface area contributed by atoms with Gasteiger partial charge in [-0.25, -0.2) is 0 Å². The molecule has 5 heteroatoms. The average molecular weight is 376 g/mol. The molecule has 26 heavy (non-hydrogen) atoms. The Morgan fingerprint density at radius 3 is 2.73 bits per heavy atom. The molecule has 0 spiro atoms. The van der Waals surface area contributed by atoms with E-state index in [-0.39, 0.29) is 18.6 Å². The highest BCUT2D eigenvalue weighted by Crippen LogP contribution is 2.32. The third kappa shape index (κ3) is 4.42. The van der Waals surface area contributed by atoms with Crippen LogP contribution in [0.3, 0.4) is 0 Å². The second-order valence-corrected chi connectivity index (χ2v) is 7.71. The molecule has 0 aliphatic heterocycles. The van der Waals surface area contributed by atoms with E-state index < -0.39 is 0 Å². The first-order valence-electron chi connectivity index (χ1n) is 9.26. The van der Waals surface area contributed by atoms with E-state index in [2.05, 4.69) is 19.2 Å². The second-order valence-electron chi connectivity index (χ2n) is 7.30. The minimum atomic E-state index is -0.145. The van der Waals surface area contributed by atoms with Crippen molar-refractivity contribution in [1.82, 2.24) is 5.32 Å². The summed E-state index contributed by atoms with van der Waals surface area (Å²) >= 11 is 6.24. The molecule has 1 fully saturated rings. The van der Waals surface area contributed by atoms with E-state index in [1.165, 1.54) is 12.8 Å². The molecule has 1 amide bonds. The number of nitrogens with one attached hydrogen (secondary N) is 1. The van der Waals surface area contributed by atoms with Crippen molar-refractivity contribution in [3.05, 3.63) is 51.9 Å². The molecule has 4 nitrogen and oxygen atoms in total. The van der Waals surface area contributed by atoms with E-state index in [4.69, 9.17) is 20.8 Å². The summed E-state index contributed by atoms with van der Waals surface area (Å²) in [5, 5.41) is 3.77. The minimum Gasteiger partial charge on any atom is -0.485 e. The highest BCUT2D eigenvalue weighted by Gasteiger charge is 2.20. The predicted molar refractivity (Wildman–Crippen MR) is 103 cm³/mol. The van der Waals surface area contributed by atoms with Gasteiger partial charge in [-0.1, -0.05) is 38.3 Å². The quantitative estimate of drug-likeness (QED) is 0.713. The van der Waals surface area contributed by atoms with Gasteiger partial charge in [0.25, 0.3) is 5.91 Å². The Kier molecular flexibility index (Phi) is 5.92. The van der Waals surface area contributed by atoms with E-state index in [0.29, 0.717) is 17.4 Å². The van der Waals surface area contributed by atoms with Gasteiger partial charge < -0.3 is 14.5 Å². The SMILES string of the molecule is Cc1cc(OCc2ccc(C(=O)NC3CCCC3)o2)c(C(C)C)cc1Cl. The fraction of sp³-hybridized carbons (Fsp3) is 0.476. The molecule has 1 aromatic carbocycles. The lowest BCUT2D eigenvalue weighted by Crippen LogP contribution is -2.32. The summed E-state index contributed by atoms with van der Waals surface area (Å²) < 4.78 is 11.6. The molecule has 0 radical (unpaired) electrons. The van der Waals surface area contributed by atoms with Crippen LogP contribution in [-0.2, 0) is 6.61 Å². The average Bonchev–Trinajstić information content (AvgIpc) is 3.27. The number of benzene rings is 1. The van der Waals surface area contributed by atoms with E-state index in [1.807, 2.05) is 19.1 Å². The van der Waals surface area contributed by atoms with Crippen molar-refractivity contribution in [1.29, 1.82) is 0 Å². The summed E-state index contributed by atoms with van der Waals surface area (Å²) in [6.07, 6.45) is 4.47. The summed E-state index contributed by atoms with van der Waals surface area (Å²) in [4.78, 5) is 12.3. The van der Waals surface area contributed by atoms with Crippen LogP contribution in [0.4, 0.5) is 0 Å². The summed E-state index contributed by atoms with van der Waals surface area (Å²) in [7, 11) is 0. The van der Waals surface area contributed by atoms with Gasteiger partial charge in [-0.15, -0.1) is 0 Å². The fourth-order valence-corrected chi connectivity index (χ4v) is 3.47. The van der Waals surface area contributed by atoms with Crippen LogP contribution in [0.15, 0.2) is 28.7 Å².